The Morgan fingerprint density at radius 3 is 2.65 bits per heavy atom. The minimum absolute atomic E-state index is 0.108. The van der Waals surface area contributed by atoms with Crippen molar-refractivity contribution in [1.29, 1.82) is 0 Å². The van der Waals surface area contributed by atoms with Crippen LogP contribution in [0.15, 0.2) is 34.0 Å². The van der Waals surface area contributed by atoms with Crippen LogP contribution in [0.2, 0.25) is 10.0 Å². The molecule has 7 nitrogen and oxygen atoms in total. The van der Waals surface area contributed by atoms with Gasteiger partial charge in [-0.1, -0.05) is 23.2 Å². The van der Waals surface area contributed by atoms with Crippen LogP contribution < -0.4 is 11.2 Å². The third-order valence-electron chi connectivity index (χ3n) is 2.55. The summed E-state index contributed by atoms with van der Waals surface area (Å²) >= 11 is 11.3. The number of nitro benzene ring substituents is 1. The van der Waals surface area contributed by atoms with Gasteiger partial charge in [-0.05, 0) is 12.1 Å². The predicted molar refractivity (Wildman–Crippen MR) is 73.5 cm³/mol. The molecule has 1 heterocycles. The maximum absolute atomic E-state index is 11.6. The van der Waals surface area contributed by atoms with E-state index in [4.69, 9.17) is 23.2 Å². The summed E-state index contributed by atoms with van der Waals surface area (Å²) in [5.74, 6) is 0. The lowest BCUT2D eigenvalue weighted by Gasteiger charge is -2.06. The summed E-state index contributed by atoms with van der Waals surface area (Å²) in [7, 11) is 0. The fourth-order valence-electron chi connectivity index (χ4n) is 1.62. The summed E-state index contributed by atoms with van der Waals surface area (Å²) in [4.78, 5) is 35.1. The van der Waals surface area contributed by atoms with Gasteiger partial charge in [0.2, 0.25) is 0 Å². The molecule has 0 atom stereocenters. The van der Waals surface area contributed by atoms with E-state index >= 15 is 0 Å². The summed E-state index contributed by atoms with van der Waals surface area (Å²) in [5, 5.41) is 11.0. The lowest BCUT2D eigenvalue weighted by atomic mass is 10.2. The van der Waals surface area contributed by atoms with Gasteiger partial charge in [0.05, 0.1) is 11.5 Å². The zero-order valence-corrected chi connectivity index (χ0v) is 11.3. The van der Waals surface area contributed by atoms with Gasteiger partial charge < -0.3 is 0 Å². The minimum Gasteiger partial charge on any atom is -0.294 e. The van der Waals surface area contributed by atoms with E-state index < -0.39 is 16.2 Å². The number of hydrogen-bond donors (Lipinski definition) is 1. The summed E-state index contributed by atoms with van der Waals surface area (Å²) in [6.07, 6.45) is 1.13. The highest BCUT2D eigenvalue weighted by Gasteiger charge is 2.15. The second-order valence-electron chi connectivity index (χ2n) is 3.89. The Hall–Kier alpha value is -2.12. The van der Waals surface area contributed by atoms with Crippen LogP contribution in [0.25, 0.3) is 0 Å². The standard InChI is InChI=1S/C11H7Cl2N3O4/c12-7-2-1-6(9(3-7)16(19)20)4-15-5-8(13)10(17)14-11(15)18/h1-3,5H,4H2,(H,14,17,18). The SMILES string of the molecule is O=c1[nH]c(=O)n(Cc2ccc(Cl)cc2[N+](=O)[O-])cc1Cl. The highest BCUT2D eigenvalue weighted by molar-refractivity contribution is 6.30. The van der Waals surface area contributed by atoms with Gasteiger partial charge >= 0.3 is 5.69 Å². The zero-order chi connectivity index (χ0) is 14.9. The number of hydrogen-bond acceptors (Lipinski definition) is 4. The normalized spacial score (nSPS) is 10.5. The number of H-pyrrole nitrogens is 1. The van der Waals surface area contributed by atoms with Crippen LogP contribution in [0.5, 0.6) is 0 Å². The highest BCUT2D eigenvalue weighted by Crippen LogP contribution is 2.23. The minimum atomic E-state index is -0.710. The molecule has 20 heavy (non-hydrogen) atoms. The topological polar surface area (TPSA) is 98.0 Å². The molecule has 9 heteroatoms. The maximum Gasteiger partial charge on any atom is 0.328 e. The van der Waals surface area contributed by atoms with Gasteiger partial charge in [-0.2, -0.15) is 0 Å². The van der Waals surface area contributed by atoms with E-state index in [1.807, 2.05) is 4.98 Å². The first kappa shape index (κ1) is 14.3. The van der Waals surface area contributed by atoms with E-state index in [0.717, 1.165) is 10.8 Å². The van der Waals surface area contributed by atoms with Crippen molar-refractivity contribution >= 4 is 28.9 Å². The van der Waals surface area contributed by atoms with Crippen LogP contribution >= 0.6 is 23.2 Å². The van der Waals surface area contributed by atoms with E-state index in [2.05, 4.69) is 0 Å². The van der Waals surface area contributed by atoms with Gasteiger partial charge in [0.15, 0.2) is 0 Å². The molecule has 0 spiro atoms. The van der Waals surface area contributed by atoms with Gasteiger partial charge in [-0.3, -0.25) is 24.5 Å². The first-order valence-electron chi connectivity index (χ1n) is 5.30. The van der Waals surface area contributed by atoms with Crippen molar-refractivity contribution < 1.29 is 4.92 Å². The Bertz CT molecular complexity index is 797. The summed E-state index contributed by atoms with van der Waals surface area (Å²) in [6, 6.07) is 4.10. The molecular formula is C11H7Cl2N3O4. The van der Waals surface area contributed by atoms with Crippen molar-refractivity contribution in [3.63, 3.8) is 0 Å². The average Bonchev–Trinajstić information content (AvgIpc) is 2.37. The fraction of sp³-hybridized carbons (Fsp3) is 0.0909. The molecule has 0 amide bonds. The van der Waals surface area contributed by atoms with Gasteiger partial charge in [0, 0.05) is 22.8 Å². The van der Waals surface area contributed by atoms with Crippen molar-refractivity contribution in [3.8, 4) is 0 Å². The summed E-state index contributed by atoms with van der Waals surface area (Å²) in [6.45, 7) is -0.108. The van der Waals surface area contributed by atoms with Crippen molar-refractivity contribution in [3.05, 3.63) is 71.0 Å². The molecular weight excluding hydrogens is 309 g/mol. The third-order valence-corrected chi connectivity index (χ3v) is 3.06. The van der Waals surface area contributed by atoms with Gasteiger partial charge in [0.25, 0.3) is 11.2 Å². The van der Waals surface area contributed by atoms with E-state index in [9.17, 15) is 19.7 Å². The molecule has 2 rings (SSSR count). The largest absolute Gasteiger partial charge is 0.328 e. The van der Waals surface area contributed by atoms with Gasteiger partial charge in [-0.25, -0.2) is 4.79 Å². The molecule has 0 unspecified atom stereocenters. The van der Waals surface area contributed by atoms with Crippen molar-refractivity contribution in [2.45, 2.75) is 6.54 Å². The molecule has 0 saturated carbocycles. The number of nitro groups is 1. The highest BCUT2D eigenvalue weighted by atomic mass is 35.5. The molecule has 1 aromatic heterocycles. The lowest BCUT2D eigenvalue weighted by Crippen LogP contribution is -2.30. The van der Waals surface area contributed by atoms with Gasteiger partial charge in [-0.15, -0.1) is 0 Å². The van der Waals surface area contributed by atoms with Crippen molar-refractivity contribution in [2.24, 2.45) is 0 Å². The second kappa shape index (κ2) is 5.48. The number of benzene rings is 1. The molecule has 0 aliphatic carbocycles. The summed E-state index contributed by atoms with van der Waals surface area (Å²) in [5.41, 5.74) is -1.36. The quantitative estimate of drug-likeness (QED) is 0.689. The van der Waals surface area contributed by atoms with Crippen LogP contribution in [0.3, 0.4) is 0 Å². The molecule has 1 N–H and O–H groups in total. The fourth-order valence-corrected chi connectivity index (χ4v) is 1.96. The van der Waals surface area contributed by atoms with Crippen LogP contribution in [-0.2, 0) is 6.54 Å². The number of rotatable bonds is 3. The molecule has 0 bridgehead atoms. The number of nitrogens with one attached hydrogen (secondary N) is 1. The van der Waals surface area contributed by atoms with Crippen LogP contribution in [0, 0.1) is 10.1 Å². The molecule has 0 aliphatic heterocycles. The van der Waals surface area contributed by atoms with Crippen molar-refractivity contribution in [1.82, 2.24) is 9.55 Å². The maximum atomic E-state index is 11.6. The van der Waals surface area contributed by atoms with E-state index in [1.165, 1.54) is 18.2 Å². The number of halogens is 2. The predicted octanol–water partition coefficient (Wildman–Crippen LogP) is 1.80. The van der Waals surface area contributed by atoms with E-state index in [-0.39, 0.29) is 27.8 Å². The number of aromatic nitrogens is 2. The first-order chi connectivity index (χ1) is 9.38. The van der Waals surface area contributed by atoms with Crippen molar-refractivity contribution in [2.75, 3.05) is 0 Å². The number of aromatic amines is 1. The van der Waals surface area contributed by atoms with Gasteiger partial charge in [0.1, 0.15) is 5.02 Å². The number of nitrogens with zero attached hydrogens (tertiary/aromatic N) is 2. The van der Waals surface area contributed by atoms with Crippen LogP contribution in [0.1, 0.15) is 5.56 Å². The molecule has 0 fully saturated rings. The average molecular weight is 316 g/mol. The molecule has 0 aliphatic rings. The Labute approximate surface area is 121 Å². The smallest absolute Gasteiger partial charge is 0.294 e. The Kier molecular flexibility index (Phi) is 3.91. The Morgan fingerprint density at radius 2 is 2.00 bits per heavy atom. The molecule has 0 saturated heterocycles. The molecule has 1 aromatic carbocycles. The molecule has 2 aromatic rings. The summed E-state index contributed by atoms with van der Waals surface area (Å²) < 4.78 is 1.07. The monoisotopic (exact) mass is 315 g/mol. The zero-order valence-electron chi connectivity index (χ0n) is 9.80. The van der Waals surface area contributed by atoms with E-state index in [1.54, 1.807) is 0 Å². The van der Waals surface area contributed by atoms with Crippen LogP contribution in [0.4, 0.5) is 5.69 Å². The third kappa shape index (κ3) is 2.89. The Morgan fingerprint density at radius 1 is 1.30 bits per heavy atom. The molecule has 104 valence electrons. The lowest BCUT2D eigenvalue weighted by molar-refractivity contribution is -0.385. The Balaban J connectivity index is 2.50. The van der Waals surface area contributed by atoms with E-state index in [0.29, 0.717) is 0 Å². The molecule has 0 radical (unpaired) electrons. The first-order valence-corrected chi connectivity index (χ1v) is 6.06. The van der Waals surface area contributed by atoms with Crippen LogP contribution in [-0.4, -0.2) is 14.5 Å². The second-order valence-corrected chi connectivity index (χ2v) is 4.74.